The lowest BCUT2D eigenvalue weighted by molar-refractivity contribution is -0.165. The van der Waals surface area contributed by atoms with E-state index in [1.807, 2.05) is 21.6 Å². The van der Waals surface area contributed by atoms with E-state index in [1.54, 1.807) is 6.92 Å². The van der Waals surface area contributed by atoms with Gasteiger partial charge in [0.05, 0.1) is 0 Å². The second kappa shape index (κ2) is 11.8. The largest absolute Gasteiger partial charge is 0.425 e. The Balaban J connectivity index is 1.64. The quantitative estimate of drug-likeness (QED) is 0.228. The van der Waals surface area contributed by atoms with E-state index in [1.165, 1.54) is 24.0 Å². The van der Waals surface area contributed by atoms with Crippen LogP contribution in [0.5, 0.6) is 0 Å². The zero-order valence-electron chi connectivity index (χ0n) is 17.9. The molecule has 2 aliphatic heterocycles. The number of rotatable bonds is 10. The first-order valence-electron chi connectivity index (χ1n) is 10.5. The number of amides is 3. The minimum Gasteiger partial charge on any atom is -0.425 e. The molecular formula is C20H32N2O6S2. The number of alkyl carbamates (subject to hydrolysis) is 1. The summed E-state index contributed by atoms with van der Waals surface area (Å²) in [5.74, 6) is 0.0599. The van der Waals surface area contributed by atoms with E-state index < -0.39 is 30.3 Å². The summed E-state index contributed by atoms with van der Waals surface area (Å²) in [5, 5.41) is 2.13. The van der Waals surface area contributed by atoms with Crippen molar-refractivity contribution in [1.82, 2.24) is 10.2 Å². The van der Waals surface area contributed by atoms with Gasteiger partial charge in [-0.2, -0.15) is 0 Å². The van der Waals surface area contributed by atoms with Gasteiger partial charge in [0.1, 0.15) is 6.04 Å². The Bertz CT molecular complexity index is 639. The van der Waals surface area contributed by atoms with Crippen molar-refractivity contribution in [2.75, 3.05) is 12.3 Å². The van der Waals surface area contributed by atoms with Crippen LogP contribution in [0.3, 0.4) is 0 Å². The lowest BCUT2D eigenvalue weighted by atomic mass is 9.99. The van der Waals surface area contributed by atoms with Gasteiger partial charge < -0.3 is 14.4 Å². The Morgan fingerprint density at radius 1 is 1.27 bits per heavy atom. The van der Waals surface area contributed by atoms with Gasteiger partial charge in [-0.1, -0.05) is 34.9 Å². The van der Waals surface area contributed by atoms with Gasteiger partial charge in [0.2, 0.25) is 12.2 Å². The van der Waals surface area contributed by atoms with Crippen LogP contribution in [0, 0.1) is 0 Å². The van der Waals surface area contributed by atoms with Crippen molar-refractivity contribution >= 4 is 45.5 Å². The maximum absolute atomic E-state index is 12.3. The normalized spacial score (nSPS) is 23.2. The Kier molecular flexibility index (Phi) is 9.80. The molecule has 8 nitrogen and oxygen atoms in total. The van der Waals surface area contributed by atoms with Crippen LogP contribution in [0.1, 0.15) is 72.1 Å². The molecule has 0 radical (unpaired) electrons. The topological polar surface area (TPSA) is 102 Å². The first-order chi connectivity index (χ1) is 14.2. The molecule has 2 fully saturated rings. The van der Waals surface area contributed by atoms with Crippen LogP contribution < -0.4 is 5.32 Å². The molecule has 0 aliphatic carbocycles. The van der Waals surface area contributed by atoms with E-state index in [-0.39, 0.29) is 12.3 Å². The zero-order chi connectivity index (χ0) is 22.1. The minimum absolute atomic E-state index is 0.0908. The van der Waals surface area contributed by atoms with Gasteiger partial charge in [-0.3, -0.25) is 19.7 Å². The molecule has 30 heavy (non-hydrogen) atoms. The van der Waals surface area contributed by atoms with E-state index in [2.05, 4.69) is 12.2 Å². The second-order valence-corrected chi connectivity index (χ2v) is 10.9. The third-order valence-corrected chi connectivity index (χ3v) is 8.64. The molecule has 1 unspecified atom stereocenters. The summed E-state index contributed by atoms with van der Waals surface area (Å²) in [4.78, 5) is 49.5. The molecule has 170 valence electrons. The number of unbranched alkanes of at least 4 members (excludes halogenated alkanes) is 1. The molecule has 1 N–H and O–H groups in total. The number of nitrogens with zero attached hydrogens (tertiary/aromatic N) is 1. The molecule has 0 aromatic rings. The number of nitrogens with one attached hydrogen (secondary N) is 1. The fourth-order valence-electron chi connectivity index (χ4n) is 3.60. The molecular weight excluding hydrogens is 428 g/mol. The second-order valence-electron chi connectivity index (χ2n) is 7.88. The Morgan fingerprint density at radius 3 is 2.63 bits per heavy atom. The van der Waals surface area contributed by atoms with E-state index >= 15 is 0 Å². The van der Waals surface area contributed by atoms with Crippen LogP contribution in [-0.4, -0.2) is 58.2 Å². The SMILES string of the molecule is CC[C@@H](C(=O)NC(=O)OC(C)OC(=O)CCCC[C@]1(C)CCSS1)N1CCCC1=O. The summed E-state index contributed by atoms with van der Waals surface area (Å²) in [6.07, 6.45) is 3.60. The number of likely N-dealkylation sites (tertiary alicyclic amines) is 1. The van der Waals surface area contributed by atoms with Crippen LogP contribution in [-0.2, 0) is 23.9 Å². The standard InChI is InChI=1S/C20H32N2O6S2/c1-4-15(22-12-7-8-16(22)23)18(25)21-19(26)28-14(2)27-17(24)9-5-6-10-20(3)11-13-29-30-20/h14-15H,4-13H2,1-3H3,(H,21,25,26)/t14?,15-,20+/m0/s1. The van der Waals surface area contributed by atoms with Crippen LogP contribution >= 0.6 is 21.6 Å². The highest BCUT2D eigenvalue weighted by Crippen LogP contribution is 2.49. The predicted molar refractivity (Wildman–Crippen MR) is 117 cm³/mol. The van der Waals surface area contributed by atoms with E-state index in [9.17, 15) is 19.2 Å². The van der Waals surface area contributed by atoms with Crippen molar-refractivity contribution in [2.24, 2.45) is 0 Å². The smallest absolute Gasteiger partial charge is 0.416 e. The molecule has 3 amide bonds. The number of hydrogen-bond acceptors (Lipinski definition) is 8. The fourth-order valence-corrected chi connectivity index (χ4v) is 6.89. The number of ether oxygens (including phenoxy) is 2. The van der Waals surface area contributed by atoms with Crippen molar-refractivity contribution in [3.8, 4) is 0 Å². The molecule has 2 rings (SSSR count). The molecule has 3 atom stereocenters. The summed E-state index contributed by atoms with van der Waals surface area (Å²) in [6.45, 7) is 5.96. The highest BCUT2D eigenvalue weighted by molar-refractivity contribution is 8.77. The van der Waals surface area contributed by atoms with Gasteiger partial charge in [-0.15, -0.1) is 0 Å². The number of carbonyl (C=O) groups excluding carboxylic acids is 4. The molecule has 0 spiro atoms. The molecule has 10 heteroatoms. The third-order valence-electron chi connectivity index (χ3n) is 5.28. The highest BCUT2D eigenvalue weighted by Gasteiger charge is 2.33. The van der Waals surface area contributed by atoms with E-state index in [4.69, 9.17) is 9.47 Å². The summed E-state index contributed by atoms with van der Waals surface area (Å²) >= 11 is 0. The predicted octanol–water partition coefficient (Wildman–Crippen LogP) is 3.63. The molecule has 0 saturated carbocycles. The van der Waals surface area contributed by atoms with Crippen molar-refractivity contribution in [2.45, 2.75) is 89.2 Å². The summed E-state index contributed by atoms with van der Waals surface area (Å²) in [6, 6.07) is -0.705. The van der Waals surface area contributed by atoms with Crippen molar-refractivity contribution in [3.63, 3.8) is 0 Å². The number of esters is 1. The Morgan fingerprint density at radius 2 is 2.03 bits per heavy atom. The van der Waals surface area contributed by atoms with Gasteiger partial charge in [-0.25, -0.2) is 4.79 Å². The average molecular weight is 461 g/mol. The first kappa shape index (κ1) is 24.8. The van der Waals surface area contributed by atoms with Gasteiger partial charge in [0, 0.05) is 36.8 Å². The molecule has 2 heterocycles. The monoisotopic (exact) mass is 460 g/mol. The number of carbonyl (C=O) groups is 4. The first-order valence-corrected chi connectivity index (χ1v) is 12.9. The molecule has 0 aromatic carbocycles. The average Bonchev–Trinajstić information content (AvgIpc) is 3.28. The fraction of sp³-hybridized carbons (Fsp3) is 0.800. The summed E-state index contributed by atoms with van der Waals surface area (Å²) in [5.41, 5.74) is 0. The minimum atomic E-state index is -1.10. The molecule has 2 saturated heterocycles. The van der Waals surface area contributed by atoms with Gasteiger partial charge in [-0.05, 0) is 39.0 Å². The zero-order valence-corrected chi connectivity index (χ0v) is 19.6. The van der Waals surface area contributed by atoms with E-state index in [0.717, 1.165) is 19.3 Å². The molecule has 2 aliphatic rings. The van der Waals surface area contributed by atoms with Crippen LogP contribution in [0.4, 0.5) is 4.79 Å². The van der Waals surface area contributed by atoms with Crippen molar-refractivity contribution < 1.29 is 28.7 Å². The summed E-state index contributed by atoms with van der Waals surface area (Å²) in [7, 11) is 3.83. The lowest BCUT2D eigenvalue weighted by Crippen LogP contribution is -2.49. The van der Waals surface area contributed by atoms with Crippen molar-refractivity contribution in [3.05, 3.63) is 0 Å². The number of imide groups is 1. The van der Waals surface area contributed by atoms with Crippen molar-refractivity contribution in [1.29, 1.82) is 0 Å². The maximum atomic E-state index is 12.3. The van der Waals surface area contributed by atoms with Gasteiger partial charge in [0.15, 0.2) is 0 Å². The summed E-state index contributed by atoms with van der Waals surface area (Å²) < 4.78 is 10.3. The third kappa shape index (κ3) is 7.68. The number of hydrogen-bond donors (Lipinski definition) is 1. The molecule has 0 aromatic heterocycles. The Labute approximate surface area is 185 Å². The lowest BCUT2D eigenvalue weighted by Gasteiger charge is -2.25. The van der Waals surface area contributed by atoms with Crippen LogP contribution in [0.25, 0.3) is 0 Å². The maximum Gasteiger partial charge on any atom is 0.416 e. The van der Waals surface area contributed by atoms with Gasteiger partial charge in [0.25, 0.3) is 5.91 Å². The van der Waals surface area contributed by atoms with Gasteiger partial charge >= 0.3 is 12.1 Å². The Hall–Kier alpha value is -1.42. The van der Waals surface area contributed by atoms with Crippen LogP contribution in [0.15, 0.2) is 0 Å². The highest BCUT2D eigenvalue weighted by atomic mass is 33.1. The molecule has 0 bridgehead atoms. The van der Waals surface area contributed by atoms with Crippen LogP contribution in [0.2, 0.25) is 0 Å². The van der Waals surface area contributed by atoms with E-state index in [0.29, 0.717) is 30.6 Å².